The van der Waals surface area contributed by atoms with E-state index in [9.17, 15) is 27.1 Å². The van der Waals surface area contributed by atoms with Crippen molar-refractivity contribution < 1.29 is 31.8 Å². The van der Waals surface area contributed by atoms with Gasteiger partial charge < -0.3 is 9.84 Å². The van der Waals surface area contributed by atoms with E-state index in [4.69, 9.17) is 4.74 Å². The predicted octanol–water partition coefficient (Wildman–Crippen LogP) is 6.05. The SMILES string of the molecule is COc1ccc(-c2ccc(S(=O)(=O)NC(C(=O)O)C(SCc3ccc(F)cc3F)c3ccccc3)cc2)cc1. The van der Waals surface area contributed by atoms with Gasteiger partial charge in [0.15, 0.2) is 0 Å². The van der Waals surface area contributed by atoms with Crippen molar-refractivity contribution in [2.24, 2.45) is 0 Å². The molecule has 0 saturated carbocycles. The molecule has 0 aliphatic carbocycles. The average Bonchev–Trinajstić information content (AvgIpc) is 2.94. The molecule has 2 atom stereocenters. The fourth-order valence-corrected chi connectivity index (χ4v) is 6.54. The molecule has 10 heteroatoms. The first-order chi connectivity index (χ1) is 18.7. The summed E-state index contributed by atoms with van der Waals surface area (Å²) in [4.78, 5) is 12.3. The summed E-state index contributed by atoms with van der Waals surface area (Å²) in [6, 6.07) is 23.4. The Balaban J connectivity index is 1.59. The molecule has 0 aliphatic rings. The fraction of sp³-hybridized carbons (Fsp3) is 0.138. The first-order valence-corrected chi connectivity index (χ1v) is 14.3. The highest BCUT2D eigenvalue weighted by atomic mass is 32.2. The van der Waals surface area contributed by atoms with E-state index < -0.39 is 38.9 Å². The summed E-state index contributed by atoms with van der Waals surface area (Å²) >= 11 is 1.04. The van der Waals surface area contributed by atoms with Crippen molar-refractivity contribution in [3.63, 3.8) is 0 Å². The van der Waals surface area contributed by atoms with Gasteiger partial charge in [-0.3, -0.25) is 4.79 Å². The third-order valence-electron chi connectivity index (χ3n) is 6.00. The van der Waals surface area contributed by atoms with Gasteiger partial charge in [-0.2, -0.15) is 4.72 Å². The van der Waals surface area contributed by atoms with Crippen LogP contribution in [0.5, 0.6) is 5.75 Å². The number of hydrogen-bond acceptors (Lipinski definition) is 5. The van der Waals surface area contributed by atoms with Crippen LogP contribution in [-0.2, 0) is 20.6 Å². The number of nitrogens with one attached hydrogen (secondary N) is 1. The van der Waals surface area contributed by atoms with Crippen LogP contribution in [0.15, 0.2) is 102 Å². The number of sulfonamides is 1. The zero-order chi connectivity index (χ0) is 28.0. The van der Waals surface area contributed by atoms with E-state index in [2.05, 4.69) is 4.72 Å². The van der Waals surface area contributed by atoms with Gasteiger partial charge in [0, 0.05) is 11.8 Å². The van der Waals surface area contributed by atoms with Crippen LogP contribution in [0, 0.1) is 11.6 Å². The number of aliphatic carboxylic acids is 1. The van der Waals surface area contributed by atoms with E-state index in [0.29, 0.717) is 11.3 Å². The van der Waals surface area contributed by atoms with Gasteiger partial charge in [0.2, 0.25) is 10.0 Å². The summed E-state index contributed by atoms with van der Waals surface area (Å²) in [6.07, 6.45) is 0. The van der Waals surface area contributed by atoms with Crippen molar-refractivity contribution in [1.82, 2.24) is 4.72 Å². The van der Waals surface area contributed by atoms with Crippen LogP contribution in [0.4, 0.5) is 8.78 Å². The van der Waals surface area contributed by atoms with Crippen LogP contribution in [0.1, 0.15) is 16.4 Å². The summed E-state index contributed by atoms with van der Waals surface area (Å²) in [7, 11) is -2.69. The Bertz CT molecular complexity index is 1530. The molecule has 4 rings (SSSR count). The van der Waals surface area contributed by atoms with E-state index in [1.807, 2.05) is 12.1 Å². The molecule has 39 heavy (non-hydrogen) atoms. The highest BCUT2D eigenvalue weighted by molar-refractivity contribution is 7.98. The first-order valence-electron chi connectivity index (χ1n) is 11.8. The second kappa shape index (κ2) is 12.4. The van der Waals surface area contributed by atoms with Crippen molar-refractivity contribution in [2.75, 3.05) is 7.11 Å². The molecule has 6 nitrogen and oxygen atoms in total. The van der Waals surface area contributed by atoms with Gasteiger partial charge in [-0.05, 0) is 52.6 Å². The Morgan fingerprint density at radius 3 is 2.10 bits per heavy atom. The van der Waals surface area contributed by atoms with E-state index in [1.165, 1.54) is 18.2 Å². The van der Waals surface area contributed by atoms with Crippen molar-refractivity contribution in [2.45, 2.75) is 21.9 Å². The highest BCUT2D eigenvalue weighted by Gasteiger charge is 2.34. The van der Waals surface area contributed by atoms with E-state index >= 15 is 0 Å². The molecule has 4 aromatic rings. The number of thioether (sulfide) groups is 1. The second-order valence-electron chi connectivity index (χ2n) is 8.57. The zero-order valence-corrected chi connectivity index (χ0v) is 22.4. The monoisotopic (exact) mass is 569 g/mol. The number of carboxylic acids is 1. The van der Waals surface area contributed by atoms with Gasteiger partial charge in [-0.1, -0.05) is 60.7 Å². The summed E-state index contributed by atoms with van der Waals surface area (Å²) in [5.41, 5.74) is 2.33. The number of benzene rings is 4. The molecule has 2 unspecified atom stereocenters. The van der Waals surface area contributed by atoms with Crippen LogP contribution >= 0.6 is 11.8 Å². The van der Waals surface area contributed by atoms with Crippen molar-refractivity contribution in [3.8, 4) is 16.9 Å². The van der Waals surface area contributed by atoms with Crippen molar-refractivity contribution >= 4 is 27.8 Å². The molecule has 0 heterocycles. The number of hydrogen-bond donors (Lipinski definition) is 2. The second-order valence-corrected chi connectivity index (χ2v) is 11.4. The van der Waals surface area contributed by atoms with Crippen LogP contribution in [0.2, 0.25) is 0 Å². The van der Waals surface area contributed by atoms with Crippen LogP contribution in [0.3, 0.4) is 0 Å². The molecular formula is C29H25F2NO5S2. The minimum absolute atomic E-state index is 0.00621. The van der Waals surface area contributed by atoms with Crippen LogP contribution in [0.25, 0.3) is 11.1 Å². The minimum Gasteiger partial charge on any atom is -0.497 e. The number of methoxy groups -OCH3 is 1. The molecule has 4 aromatic carbocycles. The lowest BCUT2D eigenvalue weighted by Gasteiger charge is -2.25. The number of ether oxygens (including phenoxy) is 1. The van der Waals surface area contributed by atoms with E-state index in [1.54, 1.807) is 61.7 Å². The van der Waals surface area contributed by atoms with Gasteiger partial charge >= 0.3 is 5.97 Å². The summed E-state index contributed by atoms with van der Waals surface area (Å²) in [5.74, 6) is -2.20. The molecule has 0 bridgehead atoms. The molecule has 0 aliphatic heterocycles. The fourth-order valence-electron chi connectivity index (χ4n) is 3.93. The molecule has 0 radical (unpaired) electrons. The van der Waals surface area contributed by atoms with Gasteiger partial charge in [-0.25, -0.2) is 17.2 Å². The van der Waals surface area contributed by atoms with E-state index in [-0.39, 0.29) is 16.2 Å². The quantitative estimate of drug-likeness (QED) is 0.229. The Labute approximate surface area is 229 Å². The molecule has 0 saturated heterocycles. The lowest BCUT2D eigenvalue weighted by atomic mass is 10.1. The Hall–Kier alpha value is -3.73. The minimum atomic E-state index is -4.25. The van der Waals surface area contributed by atoms with Gasteiger partial charge in [-0.15, -0.1) is 11.8 Å². The van der Waals surface area contributed by atoms with Gasteiger partial charge in [0.1, 0.15) is 23.4 Å². The van der Waals surface area contributed by atoms with Crippen LogP contribution in [-0.4, -0.2) is 32.6 Å². The normalized spacial score (nSPS) is 13.0. The summed E-state index contributed by atoms with van der Waals surface area (Å²) < 4.78 is 61.6. The summed E-state index contributed by atoms with van der Waals surface area (Å²) in [6.45, 7) is 0. The van der Waals surface area contributed by atoms with Crippen molar-refractivity contribution in [1.29, 1.82) is 0 Å². The molecule has 0 amide bonds. The molecule has 0 aromatic heterocycles. The van der Waals surface area contributed by atoms with Gasteiger partial charge in [0.05, 0.1) is 17.3 Å². The van der Waals surface area contributed by atoms with Crippen LogP contribution < -0.4 is 9.46 Å². The molecule has 2 N–H and O–H groups in total. The first kappa shape index (κ1) is 28.3. The smallest absolute Gasteiger partial charge is 0.323 e. The maximum atomic E-state index is 14.3. The Morgan fingerprint density at radius 2 is 1.54 bits per heavy atom. The number of carbonyl (C=O) groups is 1. The predicted molar refractivity (Wildman–Crippen MR) is 147 cm³/mol. The van der Waals surface area contributed by atoms with Gasteiger partial charge in [0.25, 0.3) is 0 Å². The number of rotatable bonds is 11. The largest absolute Gasteiger partial charge is 0.497 e. The maximum absolute atomic E-state index is 14.3. The third kappa shape index (κ3) is 7.03. The Morgan fingerprint density at radius 1 is 0.923 bits per heavy atom. The molecule has 202 valence electrons. The van der Waals surface area contributed by atoms with E-state index in [0.717, 1.165) is 35.0 Å². The Kier molecular flexibility index (Phi) is 9.01. The molecule has 0 fully saturated rings. The number of halogens is 2. The summed E-state index contributed by atoms with van der Waals surface area (Å²) in [5, 5.41) is 9.15. The zero-order valence-electron chi connectivity index (χ0n) is 20.8. The molecule has 0 spiro atoms. The topological polar surface area (TPSA) is 92.7 Å². The maximum Gasteiger partial charge on any atom is 0.323 e. The average molecular weight is 570 g/mol. The standard InChI is InChI=1S/C29H25F2NO5S2/c1-37-24-13-8-19(9-14-24)20-10-15-25(16-11-20)39(35,36)32-27(29(33)34)28(21-5-3-2-4-6-21)38-18-22-7-12-23(30)17-26(22)31/h2-17,27-28,32H,18H2,1H3,(H,33,34). The number of carboxylic acid groups (broad SMARTS) is 1. The molecular weight excluding hydrogens is 544 g/mol. The lowest BCUT2D eigenvalue weighted by Crippen LogP contribution is -2.44. The highest BCUT2D eigenvalue weighted by Crippen LogP contribution is 2.36. The van der Waals surface area contributed by atoms with Crippen molar-refractivity contribution in [3.05, 3.63) is 120 Å². The lowest BCUT2D eigenvalue weighted by molar-refractivity contribution is -0.139. The third-order valence-corrected chi connectivity index (χ3v) is 8.84.